The molecule has 3 aliphatic rings. The van der Waals surface area contributed by atoms with E-state index >= 15 is 0 Å². The van der Waals surface area contributed by atoms with Gasteiger partial charge in [0.25, 0.3) is 5.91 Å². The number of carbonyl (C=O) groups excluding carboxylic acids is 2. The Morgan fingerprint density at radius 2 is 1.82 bits per heavy atom. The second-order valence-electron chi connectivity index (χ2n) is 7.61. The van der Waals surface area contributed by atoms with E-state index in [1.54, 1.807) is 0 Å². The summed E-state index contributed by atoms with van der Waals surface area (Å²) in [7, 11) is 0. The third-order valence-electron chi connectivity index (χ3n) is 5.99. The highest BCUT2D eigenvalue weighted by Gasteiger charge is 2.40. The van der Waals surface area contributed by atoms with Crippen molar-refractivity contribution in [1.29, 1.82) is 0 Å². The molecule has 0 aromatic carbocycles. The maximum Gasteiger partial charge on any atom is 0.306 e. The monoisotopic (exact) mass is 307 g/mol. The van der Waals surface area contributed by atoms with Gasteiger partial charge in [0, 0.05) is 13.0 Å². The topological polar surface area (TPSA) is 55.4 Å². The van der Waals surface area contributed by atoms with E-state index in [1.807, 2.05) is 0 Å². The van der Waals surface area contributed by atoms with Crippen LogP contribution in [-0.4, -0.2) is 25.0 Å². The van der Waals surface area contributed by atoms with Gasteiger partial charge in [-0.15, -0.1) is 0 Å². The molecule has 1 N–H and O–H groups in total. The lowest BCUT2D eigenvalue weighted by Crippen LogP contribution is -2.33. The zero-order valence-corrected chi connectivity index (χ0v) is 13.5. The van der Waals surface area contributed by atoms with Crippen LogP contribution in [-0.2, 0) is 14.3 Å². The van der Waals surface area contributed by atoms with Crippen molar-refractivity contribution in [1.82, 2.24) is 5.32 Å². The molecule has 3 fully saturated rings. The van der Waals surface area contributed by atoms with Gasteiger partial charge in [0.15, 0.2) is 6.61 Å². The van der Waals surface area contributed by atoms with E-state index in [4.69, 9.17) is 4.74 Å². The molecule has 4 heteroatoms. The van der Waals surface area contributed by atoms with Gasteiger partial charge in [-0.2, -0.15) is 0 Å². The van der Waals surface area contributed by atoms with Crippen LogP contribution in [0.2, 0.25) is 0 Å². The molecule has 3 unspecified atom stereocenters. The SMILES string of the molecule is O=C(COC(=O)CC1CC2CCC1C2)NCC1CCCCC1. The molecule has 0 saturated heterocycles. The van der Waals surface area contributed by atoms with Crippen LogP contribution in [0.25, 0.3) is 0 Å². The largest absolute Gasteiger partial charge is 0.456 e. The average Bonchev–Trinajstić information content (AvgIpc) is 3.14. The molecule has 4 nitrogen and oxygen atoms in total. The fourth-order valence-electron chi connectivity index (χ4n) is 4.75. The summed E-state index contributed by atoms with van der Waals surface area (Å²) in [6, 6.07) is 0. The quantitative estimate of drug-likeness (QED) is 0.767. The molecule has 2 bridgehead atoms. The summed E-state index contributed by atoms with van der Waals surface area (Å²) in [6.45, 7) is 0.634. The number of carbonyl (C=O) groups is 2. The summed E-state index contributed by atoms with van der Waals surface area (Å²) >= 11 is 0. The van der Waals surface area contributed by atoms with E-state index in [0.29, 0.717) is 18.3 Å². The highest BCUT2D eigenvalue weighted by molar-refractivity contribution is 5.80. The van der Waals surface area contributed by atoms with Crippen molar-refractivity contribution in [3.05, 3.63) is 0 Å². The van der Waals surface area contributed by atoms with E-state index in [1.165, 1.54) is 57.8 Å². The highest BCUT2D eigenvalue weighted by atomic mass is 16.5. The molecule has 3 saturated carbocycles. The summed E-state index contributed by atoms with van der Waals surface area (Å²) in [5.74, 6) is 2.37. The van der Waals surface area contributed by atoms with Crippen LogP contribution in [0.3, 0.4) is 0 Å². The van der Waals surface area contributed by atoms with E-state index in [2.05, 4.69) is 5.32 Å². The molecule has 0 aromatic heterocycles. The zero-order chi connectivity index (χ0) is 15.4. The van der Waals surface area contributed by atoms with Crippen LogP contribution in [0.5, 0.6) is 0 Å². The van der Waals surface area contributed by atoms with Crippen molar-refractivity contribution in [3.8, 4) is 0 Å². The van der Waals surface area contributed by atoms with Crippen molar-refractivity contribution < 1.29 is 14.3 Å². The van der Waals surface area contributed by atoms with Gasteiger partial charge >= 0.3 is 5.97 Å². The lowest BCUT2D eigenvalue weighted by atomic mass is 9.86. The van der Waals surface area contributed by atoms with Crippen molar-refractivity contribution in [3.63, 3.8) is 0 Å². The molecule has 3 aliphatic carbocycles. The molecule has 3 atom stereocenters. The third kappa shape index (κ3) is 4.23. The summed E-state index contributed by atoms with van der Waals surface area (Å²) < 4.78 is 5.16. The van der Waals surface area contributed by atoms with E-state index in [-0.39, 0.29) is 18.5 Å². The van der Waals surface area contributed by atoms with E-state index in [9.17, 15) is 9.59 Å². The number of fused-ring (bicyclic) bond motifs is 2. The smallest absolute Gasteiger partial charge is 0.306 e. The standard InChI is InChI=1S/C18H29NO3/c20-17(19-11-13-4-2-1-3-5-13)12-22-18(21)10-16-9-14-6-7-15(16)8-14/h13-16H,1-12H2,(H,19,20). The fourth-order valence-corrected chi connectivity index (χ4v) is 4.75. The molecular weight excluding hydrogens is 278 g/mol. The van der Waals surface area contributed by atoms with Crippen molar-refractivity contribution >= 4 is 11.9 Å². The maximum absolute atomic E-state index is 11.9. The number of rotatable bonds is 6. The first-order valence-electron chi connectivity index (χ1n) is 9.13. The predicted molar refractivity (Wildman–Crippen MR) is 84.1 cm³/mol. The second kappa shape index (κ2) is 7.47. The van der Waals surface area contributed by atoms with Crippen LogP contribution in [0, 0.1) is 23.7 Å². The molecular formula is C18H29NO3. The maximum atomic E-state index is 11.9. The Hall–Kier alpha value is -1.06. The molecule has 0 aliphatic heterocycles. The Morgan fingerprint density at radius 3 is 2.50 bits per heavy atom. The minimum absolute atomic E-state index is 0.105. The van der Waals surface area contributed by atoms with Crippen LogP contribution >= 0.6 is 0 Å². The Labute approximate surface area is 133 Å². The van der Waals surface area contributed by atoms with Gasteiger partial charge < -0.3 is 10.1 Å². The minimum atomic E-state index is -0.189. The molecule has 0 radical (unpaired) electrons. The first-order chi connectivity index (χ1) is 10.7. The molecule has 0 spiro atoms. The third-order valence-corrected chi connectivity index (χ3v) is 5.99. The Kier molecular flexibility index (Phi) is 5.37. The van der Waals surface area contributed by atoms with Gasteiger partial charge in [-0.25, -0.2) is 0 Å². The predicted octanol–water partition coefficient (Wildman–Crippen LogP) is 3.05. The highest BCUT2D eigenvalue weighted by Crippen LogP contribution is 2.49. The second-order valence-corrected chi connectivity index (χ2v) is 7.61. The molecule has 22 heavy (non-hydrogen) atoms. The van der Waals surface area contributed by atoms with E-state index in [0.717, 1.165) is 18.4 Å². The van der Waals surface area contributed by atoms with Gasteiger partial charge in [0.2, 0.25) is 0 Å². The van der Waals surface area contributed by atoms with Crippen molar-refractivity contribution in [2.24, 2.45) is 23.7 Å². The first-order valence-corrected chi connectivity index (χ1v) is 9.13. The molecule has 0 heterocycles. The van der Waals surface area contributed by atoms with Gasteiger partial charge in [-0.3, -0.25) is 9.59 Å². The normalized spacial score (nSPS) is 31.2. The zero-order valence-electron chi connectivity index (χ0n) is 13.5. The summed E-state index contributed by atoms with van der Waals surface area (Å²) in [6.07, 6.45) is 11.9. The molecule has 124 valence electrons. The number of hydrogen-bond acceptors (Lipinski definition) is 3. The van der Waals surface area contributed by atoms with E-state index < -0.39 is 0 Å². The van der Waals surface area contributed by atoms with Crippen molar-refractivity contribution in [2.75, 3.05) is 13.2 Å². The Bertz CT molecular complexity index is 403. The summed E-state index contributed by atoms with van der Waals surface area (Å²) in [5.41, 5.74) is 0. The van der Waals surface area contributed by atoms with Crippen LogP contribution < -0.4 is 5.32 Å². The Balaban J connectivity index is 1.28. The number of esters is 1. The van der Waals surface area contributed by atoms with Gasteiger partial charge in [0.1, 0.15) is 0 Å². The fraction of sp³-hybridized carbons (Fsp3) is 0.889. The first kappa shape index (κ1) is 15.8. The number of amides is 1. The average molecular weight is 307 g/mol. The van der Waals surface area contributed by atoms with Crippen LogP contribution in [0.1, 0.15) is 64.2 Å². The lowest BCUT2D eigenvalue weighted by molar-refractivity contribution is -0.149. The summed E-state index contributed by atoms with van der Waals surface area (Å²) in [5, 5.41) is 2.91. The van der Waals surface area contributed by atoms with Gasteiger partial charge in [-0.1, -0.05) is 25.7 Å². The van der Waals surface area contributed by atoms with Gasteiger partial charge in [-0.05, 0) is 55.8 Å². The molecule has 1 amide bonds. The van der Waals surface area contributed by atoms with Crippen LogP contribution in [0.15, 0.2) is 0 Å². The molecule has 3 rings (SSSR count). The van der Waals surface area contributed by atoms with Crippen molar-refractivity contribution in [2.45, 2.75) is 64.2 Å². The van der Waals surface area contributed by atoms with Crippen LogP contribution in [0.4, 0.5) is 0 Å². The lowest BCUT2D eigenvalue weighted by Gasteiger charge is -2.22. The molecule has 0 aromatic rings. The minimum Gasteiger partial charge on any atom is -0.456 e. The Morgan fingerprint density at radius 1 is 1.00 bits per heavy atom. The number of ether oxygens (including phenoxy) is 1. The van der Waals surface area contributed by atoms with Gasteiger partial charge in [0.05, 0.1) is 0 Å². The number of hydrogen-bond donors (Lipinski definition) is 1. The number of nitrogens with one attached hydrogen (secondary N) is 1. The summed E-state index contributed by atoms with van der Waals surface area (Å²) in [4.78, 5) is 23.7.